The lowest BCUT2D eigenvalue weighted by Crippen LogP contribution is -2.41. The number of anilines is 3. The number of nitrogens with zero attached hydrogens (tertiary/aromatic N) is 5. The Morgan fingerprint density at radius 2 is 1.48 bits per heavy atom. The number of ether oxygens (including phenoxy) is 1. The van der Waals surface area contributed by atoms with E-state index in [1.165, 1.54) is 28.2 Å². The van der Waals surface area contributed by atoms with E-state index in [4.69, 9.17) is 16.3 Å². The van der Waals surface area contributed by atoms with Crippen molar-refractivity contribution in [1.82, 2.24) is 29.1 Å². The molecule has 5 heterocycles. The Labute approximate surface area is 261 Å². The van der Waals surface area contributed by atoms with Gasteiger partial charge in [-0.1, -0.05) is 11.6 Å². The molecule has 4 amide bonds. The maximum Gasteiger partial charge on any atom is 0.274 e. The molecule has 0 unspecified atom stereocenters. The third kappa shape index (κ3) is 7.19. The summed E-state index contributed by atoms with van der Waals surface area (Å²) >= 11 is 7.22. The maximum absolute atomic E-state index is 13.1. The number of carbonyl (C=O) groups is 4. The lowest BCUT2D eigenvalue weighted by atomic mass is 10.3. The standard InChI is InChI=1S/C28H32ClN9O5S/c1-35-15-17(12-20(35)25(39)30-5-6-38-7-9-43-10-8-38)31-26(40)21-13-18(16-36(21)2)32-27(41)22-14-23(34-37(22)3)33-28(42)24-19(29)4-11-44-24/h4,11-16H,5-10H2,1-3H3,(H,30,39)(H,31,40)(H,32,41)(H,33,34,42). The van der Waals surface area contributed by atoms with Crippen LogP contribution in [0.4, 0.5) is 17.2 Å². The molecule has 16 heteroatoms. The zero-order valence-electron chi connectivity index (χ0n) is 24.3. The highest BCUT2D eigenvalue weighted by Crippen LogP contribution is 2.23. The van der Waals surface area contributed by atoms with Gasteiger partial charge in [0.2, 0.25) is 0 Å². The molecule has 1 saturated heterocycles. The molecule has 14 nitrogen and oxygen atoms in total. The van der Waals surface area contributed by atoms with Gasteiger partial charge in [0.25, 0.3) is 23.6 Å². The molecule has 1 aliphatic rings. The van der Waals surface area contributed by atoms with Gasteiger partial charge in [-0.3, -0.25) is 28.8 Å². The zero-order valence-corrected chi connectivity index (χ0v) is 25.9. The van der Waals surface area contributed by atoms with E-state index in [0.717, 1.165) is 19.6 Å². The number of hydrogen-bond donors (Lipinski definition) is 4. The van der Waals surface area contributed by atoms with Crippen molar-refractivity contribution in [3.8, 4) is 0 Å². The van der Waals surface area contributed by atoms with Crippen molar-refractivity contribution in [3.05, 3.63) is 69.0 Å². The smallest absolute Gasteiger partial charge is 0.274 e. The van der Waals surface area contributed by atoms with E-state index in [9.17, 15) is 19.2 Å². The molecule has 0 bridgehead atoms. The van der Waals surface area contributed by atoms with Crippen LogP contribution in [0.1, 0.15) is 41.1 Å². The van der Waals surface area contributed by atoms with Crippen LogP contribution in [0.15, 0.2) is 42.0 Å². The number of hydrogen-bond acceptors (Lipinski definition) is 8. The fourth-order valence-corrected chi connectivity index (χ4v) is 5.76. The number of aromatic nitrogens is 4. The van der Waals surface area contributed by atoms with Gasteiger partial charge in [0, 0.05) is 65.8 Å². The molecule has 0 atom stereocenters. The van der Waals surface area contributed by atoms with E-state index in [1.54, 1.807) is 60.2 Å². The van der Waals surface area contributed by atoms with Crippen LogP contribution in [0.5, 0.6) is 0 Å². The first kappa shape index (κ1) is 31.0. The number of rotatable bonds is 10. The predicted octanol–water partition coefficient (Wildman–Crippen LogP) is 2.63. The van der Waals surface area contributed by atoms with Crippen molar-refractivity contribution in [2.45, 2.75) is 0 Å². The first-order chi connectivity index (χ1) is 21.1. The summed E-state index contributed by atoms with van der Waals surface area (Å²) in [7, 11) is 4.98. The van der Waals surface area contributed by atoms with Crippen molar-refractivity contribution < 1.29 is 23.9 Å². The summed E-state index contributed by atoms with van der Waals surface area (Å²) in [6.45, 7) is 4.32. The monoisotopic (exact) mass is 641 g/mol. The minimum Gasteiger partial charge on any atom is -0.379 e. The topological polar surface area (TPSA) is 157 Å². The lowest BCUT2D eigenvalue weighted by Gasteiger charge is -2.26. The van der Waals surface area contributed by atoms with Crippen LogP contribution < -0.4 is 21.3 Å². The molecule has 5 rings (SSSR count). The Balaban J connectivity index is 1.17. The average Bonchev–Trinajstić information content (AvgIpc) is 3.76. The van der Waals surface area contributed by atoms with Crippen molar-refractivity contribution in [2.24, 2.45) is 21.1 Å². The van der Waals surface area contributed by atoms with E-state index in [-0.39, 0.29) is 23.1 Å². The molecule has 4 aromatic heterocycles. The van der Waals surface area contributed by atoms with Crippen LogP contribution >= 0.6 is 22.9 Å². The molecular formula is C28H32ClN9O5S. The van der Waals surface area contributed by atoms with Crippen LogP contribution in [-0.2, 0) is 25.9 Å². The van der Waals surface area contributed by atoms with Crippen LogP contribution in [0.25, 0.3) is 0 Å². The predicted molar refractivity (Wildman–Crippen MR) is 167 cm³/mol. The molecule has 4 aromatic rings. The van der Waals surface area contributed by atoms with E-state index in [0.29, 0.717) is 46.7 Å². The van der Waals surface area contributed by atoms with Crippen molar-refractivity contribution in [1.29, 1.82) is 0 Å². The number of aryl methyl sites for hydroxylation is 3. The molecule has 44 heavy (non-hydrogen) atoms. The Hall–Kier alpha value is -4.44. The van der Waals surface area contributed by atoms with Gasteiger partial charge in [-0.2, -0.15) is 5.10 Å². The van der Waals surface area contributed by atoms with Crippen LogP contribution in [0, 0.1) is 0 Å². The lowest BCUT2D eigenvalue weighted by molar-refractivity contribution is 0.0383. The van der Waals surface area contributed by atoms with E-state index >= 15 is 0 Å². The van der Waals surface area contributed by atoms with Gasteiger partial charge in [-0.15, -0.1) is 11.3 Å². The summed E-state index contributed by atoms with van der Waals surface area (Å²) in [5, 5.41) is 17.3. The van der Waals surface area contributed by atoms with E-state index in [1.807, 2.05) is 0 Å². The Morgan fingerprint density at radius 1 is 0.864 bits per heavy atom. The third-order valence-corrected chi connectivity index (χ3v) is 8.33. The minimum absolute atomic E-state index is 0.187. The number of halogens is 1. The third-order valence-electron chi connectivity index (χ3n) is 6.99. The number of carbonyl (C=O) groups excluding carboxylic acids is 4. The molecule has 0 aliphatic carbocycles. The van der Waals surface area contributed by atoms with Crippen LogP contribution in [-0.4, -0.2) is 86.8 Å². The zero-order chi connectivity index (χ0) is 31.4. The minimum atomic E-state index is -0.487. The Morgan fingerprint density at radius 3 is 2.09 bits per heavy atom. The second kappa shape index (κ2) is 13.5. The van der Waals surface area contributed by atoms with Crippen molar-refractivity contribution in [3.63, 3.8) is 0 Å². The van der Waals surface area contributed by atoms with Gasteiger partial charge in [-0.05, 0) is 23.6 Å². The molecular weight excluding hydrogens is 610 g/mol. The summed E-state index contributed by atoms with van der Waals surface area (Å²) in [4.78, 5) is 53.9. The molecule has 4 N–H and O–H groups in total. The molecule has 1 fully saturated rings. The number of thiophene rings is 1. The summed E-state index contributed by atoms with van der Waals surface area (Å²) in [6, 6.07) is 6.21. The molecule has 0 spiro atoms. The number of amides is 4. The fraction of sp³-hybridized carbons (Fsp3) is 0.321. The van der Waals surface area contributed by atoms with Gasteiger partial charge < -0.3 is 35.1 Å². The summed E-state index contributed by atoms with van der Waals surface area (Å²) in [6.07, 6.45) is 3.26. The highest BCUT2D eigenvalue weighted by Gasteiger charge is 2.20. The summed E-state index contributed by atoms with van der Waals surface area (Å²) < 4.78 is 9.91. The second-order valence-corrected chi connectivity index (χ2v) is 11.5. The average molecular weight is 642 g/mol. The second-order valence-electron chi connectivity index (χ2n) is 10.2. The Bertz CT molecular complexity index is 1700. The first-order valence-corrected chi connectivity index (χ1v) is 15.0. The highest BCUT2D eigenvalue weighted by molar-refractivity contribution is 7.12. The van der Waals surface area contributed by atoms with Crippen molar-refractivity contribution >= 4 is 63.8 Å². The van der Waals surface area contributed by atoms with Gasteiger partial charge in [0.15, 0.2) is 5.82 Å². The SMILES string of the molecule is Cn1cc(NC(=O)c2cc(NC(=O)c3cc(NC(=O)c4sccc4Cl)nn3C)cn2C)cc1C(=O)NCCN1CCOCC1. The van der Waals surface area contributed by atoms with Gasteiger partial charge >= 0.3 is 0 Å². The molecule has 1 aliphatic heterocycles. The quantitative estimate of drug-likeness (QED) is 0.207. The maximum atomic E-state index is 13.1. The first-order valence-electron chi connectivity index (χ1n) is 13.7. The fourth-order valence-electron chi connectivity index (χ4n) is 4.72. The van der Waals surface area contributed by atoms with E-state index in [2.05, 4.69) is 31.3 Å². The van der Waals surface area contributed by atoms with Gasteiger partial charge in [-0.25, -0.2) is 0 Å². The number of nitrogens with one attached hydrogen (secondary N) is 4. The number of morpholine rings is 1. The Kier molecular flexibility index (Phi) is 9.49. The van der Waals surface area contributed by atoms with Crippen molar-refractivity contribution in [2.75, 3.05) is 55.3 Å². The van der Waals surface area contributed by atoms with Crippen LogP contribution in [0.3, 0.4) is 0 Å². The molecule has 232 valence electrons. The molecule has 0 saturated carbocycles. The summed E-state index contributed by atoms with van der Waals surface area (Å²) in [5.41, 5.74) is 1.72. The molecule has 0 aromatic carbocycles. The van der Waals surface area contributed by atoms with Gasteiger partial charge in [0.05, 0.1) is 29.6 Å². The largest absolute Gasteiger partial charge is 0.379 e. The van der Waals surface area contributed by atoms with E-state index < -0.39 is 17.7 Å². The van der Waals surface area contributed by atoms with Gasteiger partial charge in [0.1, 0.15) is 22.0 Å². The summed E-state index contributed by atoms with van der Waals surface area (Å²) in [5.74, 6) is -1.38. The molecule has 0 radical (unpaired) electrons. The normalized spacial score (nSPS) is 13.5. The highest BCUT2D eigenvalue weighted by atomic mass is 35.5. The van der Waals surface area contributed by atoms with Crippen LogP contribution in [0.2, 0.25) is 5.02 Å².